The molecule has 0 aliphatic heterocycles. The van der Waals surface area contributed by atoms with Crippen LogP contribution in [0.1, 0.15) is 52.4 Å². The molecule has 6 nitrogen and oxygen atoms in total. The standard InChI is InChI=1S/C16H18N6.C3H6F2.C2H6/c1-9(2)18-13-5-6-14(19-10(13)3)12-7-8-22-15(12)11(4)20-16(17)21-22;1-2-3(4)5;1-2/h5-8H,1-4H3,(H2,17,21);3H,2H2,1H3;1-2H3. The van der Waals surface area contributed by atoms with Crippen molar-refractivity contribution >= 4 is 22.9 Å². The second-order valence-electron chi connectivity index (χ2n) is 6.24. The van der Waals surface area contributed by atoms with Gasteiger partial charge in [0.05, 0.1) is 28.3 Å². The summed E-state index contributed by atoms with van der Waals surface area (Å²) in [6.45, 7) is 13.3. The number of aromatic nitrogens is 4. The number of aliphatic imine (C=N–C) groups is 1. The molecule has 158 valence electrons. The predicted molar refractivity (Wildman–Crippen MR) is 116 cm³/mol. The van der Waals surface area contributed by atoms with Gasteiger partial charge in [-0.25, -0.2) is 18.3 Å². The Morgan fingerprint density at radius 3 is 2.24 bits per heavy atom. The molecule has 2 N–H and O–H groups in total. The van der Waals surface area contributed by atoms with Gasteiger partial charge in [0.25, 0.3) is 0 Å². The first-order chi connectivity index (χ1) is 13.7. The van der Waals surface area contributed by atoms with Gasteiger partial charge in [0.2, 0.25) is 12.4 Å². The fourth-order valence-corrected chi connectivity index (χ4v) is 2.49. The van der Waals surface area contributed by atoms with Gasteiger partial charge < -0.3 is 5.73 Å². The molecule has 0 amide bonds. The van der Waals surface area contributed by atoms with Gasteiger partial charge in [-0.1, -0.05) is 20.8 Å². The molecule has 8 heteroatoms. The number of hydrogen-bond acceptors (Lipinski definition) is 5. The van der Waals surface area contributed by atoms with Crippen LogP contribution >= 0.6 is 0 Å². The molecular weight excluding hydrogens is 374 g/mol. The van der Waals surface area contributed by atoms with Crippen LogP contribution in [0.25, 0.3) is 16.8 Å². The van der Waals surface area contributed by atoms with Gasteiger partial charge in [-0.15, -0.1) is 5.10 Å². The highest BCUT2D eigenvalue weighted by atomic mass is 19.3. The smallest absolute Gasteiger partial charge is 0.238 e. The van der Waals surface area contributed by atoms with E-state index in [1.54, 1.807) is 4.52 Å². The summed E-state index contributed by atoms with van der Waals surface area (Å²) in [6.07, 6.45) is -0.274. The largest absolute Gasteiger partial charge is 0.367 e. The Hall–Kier alpha value is -2.90. The van der Waals surface area contributed by atoms with E-state index < -0.39 is 6.43 Å². The van der Waals surface area contributed by atoms with Crippen LogP contribution in [0.2, 0.25) is 0 Å². The first-order valence-corrected chi connectivity index (χ1v) is 9.62. The first kappa shape index (κ1) is 24.1. The normalized spacial score (nSPS) is 10.1. The van der Waals surface area contributed by atoms with Crippen LogP contribution in [0.15, 0.2) is 29.4 Å². The van der Waals surface area contributed by atoms with Crippen LogP contribution in [-0.4, -0.2) is 31.7 Å². The Balaban J connectivity index is 0.000000527. The molecule has 0 saturated carbocycles. The number of nitrogen functional groups attached to an aromatic ring is 1. The van der Waals surface area contributed by atoms with Gasteiger partial charge in [0.1, 0.15) is 0 Å². The molecule has 3 heterocycles. The highest BCUT2D eigenvalue weighted by Crippen LogP contribution is 2.28. The molecule has 0 radical (unpaired) electrons. The number of alkyl halides is 2. The average molecular weight is 405 g/mol. The van der Waals surface area contributed by atoms with E-state index in [9.17, 15) is 8.78 Å². The molecule has 0 atom stereocenters. The third-order valence-electron chi connectivity index (χ3n) is 3.69. The minimum absolute atomic E-state index is 0.0278. The number of hydrogen-bond donors (Lipinski definition) is 1. The summed E-state index contributed by atoms with van der Waals surface area (Å²) in [5.74, 6) is 0.263. The maximum atomic E-state index is 10.8. The molecule has 3 rings (SSSR count). The number of anilines is 1. The van der Waals surface area contributed by atoms with E-state index in [-0.39, 0.29) is 12.4 Å². The second kappa shape index (κ2) is 11.2. The van der Waals surface area contributed by atoms with E-state index in [2.05, 4.69) is 20.1 Å². The number of rotatable bonds is 3. The third-order valence-corrected chi connectivity index (χ3v) is 3.69. The SMILES string of the molecule is CC.CC(C)=Nc1ccc(-c2ccn3nc(N)nc(C)c23)nc1C.CCC(F)F. The summed E-state index contributed by atoms with van der Waals surface area (Å²) in [7, 11) is 0. The van der Waals surface area contributed by atoms with E-state index in [0.717, 1.165) is 39.6 Å². The summed E-state index contributed by atoms with van der Waals surface area (Å²) < 4.78 is 23.3. The highest BCUT2D eigenvalue weighted by Gasteiger charge is 2.12. The zero-order valence-electron chi connectivity index (χ0n) is 18.2. The fraction of sp³-hybridized carbons (Fsp3) is 0.429. The molecule has 3 aromatic heterocycles. The molecule has 29 heavy (non-hydrogen) atoms. The molecule has 0 spiro atoms. The van der Waals surface area contributed by atoms with Crippen molar-refractivity contribution in [3.8, 4) is 11.3 Å². The van der Waals surface area contributed by atoms with Gasteiger partial charge in [-0.05, 0) is 45.9 Å². The Bertz CT molecular complexity index is 959. The number of pyridine rings is 1. The molecule has 0 bridgehead atoms. The second-order valence-corrected chi connectivity index (χ2v) is 6.24. The van der Waals surface area contributed by atoms with E-state index in [1.165, 1.54) is 6.92 Å². The van der Waals surface area contributed by atoms with Crippen molar-refractivity contribution in [1.82, 2.24) is 19.6 Å². The van der Waals surface area contributed by atoms with Gasteiger partial charge in [0, 0.05) is 23.9 Å². The zero-order valence-corrected chi connectivity index (χ0v) is 18.2. The number of halogens is 2. The summed E-state index contributed by atoms with van der Waals surface area (Å²) in [4.78, 5) is 13.4. The Kier molecular flexibility index (Phi) is 9.31. The number of nitrogens with two attached hydrogens (primary N) is 1. The summed E-state index contributed by atoms with van der Waals surface area (Å²) in [5.41, 5.74) is 12.1. The van der Waals surface area contributed by atoms with E-state index in [4.69, 9.17) is 5.73 Å². The highest BCUT2D eigenvalue weighted by molar-refractivity contribution is 5.83. The molecule has 0 saturated heterocycles. The van der Waals surface area contributed by atoms with Crippen molar-refractivity contribution in [2.75, 3.05) is 5.73 Å². The van der Waals surface area contributed by atoms with Crippen LogP contribution in [0.3, 0.4) is 0 Å². The van der Waals surface area contributed by atoms with Crippen molar-refractivity contribution in [3.05, 3.63) is 35.8 Å². The molecule has 0 fully saturated rings. The average Bonchev–Trinajstić information content (AvgIpc) is 3.09. The lowest BCUT2D eigenvalue weighted by Crippen LogP contribution is -2.03. The van der Waals surface area contributed by atoms with Gasteiger partial charge in [-0.3, -0.25) is 9.98 Å². The summed E-state index contributed by atoms with van der Waals surface area (Å²) in [6, 6.07) is 5.94. The van der Waals surface area contributed by atoms with Gasteiger partial charge in [0.15, 0.2) is 0 Å². The van der Waals surface area contributed by atoms with Crippen LogP contribution in [-0.2, 0) is 0 Å². The van der Waals surface area contributed by atoms with Crippen molar-refractivity contribution in [1.29, 1.82) is 0 Å². The Labute approximate surface area is 170 Å². The number of nitrogens with zero attached hydrogens (tertiary/aromatic N) is 5. The fourth-order valence-electron chi connectivity index (χ4n) is 2.49. The van der Waals surface area contributed by atoms with Crippen molar-refractivity contribution < 1.29 is 8.78 Å². The lowest BCUT2D eigenvalue weighted by atomic mass is 10.1. The third kappa shape index (κ3) is 6.58. The van der Waals surface area contributed by atoms with Gasteiger partial charge in [-0.2, -0.15) is 0 Å². The molecule has 3 aromatic rings. The van der Waals surface area contributed by atoms with Crippen LogP contribution < -0.4 is 5.73 Å². The van der Waals surface area contributed by atoms with Crippen LogP contribution in [0.5, 0.6) is 0 Å². The van der Waals surface area contributed by atoms with E-state index >= 15 is 0 Å². The lowest BCUT2D eigenvalue weighted by Gasteiger charge is -2.06. The number of fused-ring (bicyclic) bond motifs is 1. The van der Waals surface area contributed by atoms with Crippen molar-refractivity contribution in [3.63, 3.8) is 0 Å². The summed E-state index contributed by atoms with van der Waals surface area (Å²) >= 11 is 0. The van der Waals surface area contributed by atoms with Crippen molar-refractivity contribution in [2.45, 2.75) is 61.3 Å². The first-order valence-electron chi connectivity index (χ1n) is 9.62. The molecule has 0 aromatic carbocycles. The minimum atomic E-state index is -2.12. The van der Waals surface area contributed by atoms with E-state index in [1.807, 2.05) is 65.9 Å². The van der Waals surface area contributed by atoms with E-state index in [0.29, 0.717) is 0 Å². The lowest BCUT2D eigenvalue weighted by molar-refractivity contribution is 0.144. The van der Waals surface area contributed by atoms with Crippen molar-refractivity contribution in [2.24, 2.45) is 4.99 Å². The Morgan fingerprint density at radius 1 is 1.10 bits per heavy atom. The molecule has 0 aliphatic carbocycles. The zero-order chi connectivity index (χ0) is 22.1. The molecule has 0 aliphatic rings. The van der Waals surface area contributed by atoms with Crippen LogP contribution in [0.4, 0.5) is 20.4 Å². The predicted octanol–water partition coefficient (Wildman–Crippen LogP) is 5.79. The maximum Gasteiger partial charge on any atom is 0.238 e. The topological polar surface area (TPSA) is 81.5 Å². The van der Waals surface area contributed by atoms with Crippen LogP contribution in [0, 0.1) is 13.8 Å². The maximum absolute atomic E-state index is 10.8. The molecular formula is C21H30F2N6. The Morgan fingerprint density at radius 2 is 1.72 bits per heavy atom. The van der Waals surface area contributed by atoms with Gasteiger partial charge >= 0.3 is 0 Å². The quantitative estimate of drug-likeness (QED) is 0.560. The minimum Gasteiger partial charge on any atom is -0.367 e. The molecule has 0 unspecified atom stereocenters. The number of aryl methyl sites for hydroxylation is 2. The summed E-state index contributed by atoms with van der Waals surface area (Å²) in [5, 5.41) is 4.20. The monoisotopic (exact) mass is 404 g/mol.